The zero-order chi connectivity index (χ0) is 51.9. The second-order valence-electron chi connectivity index (χ2n) is 21.7. The lowest BCUT2D eigenvalue weighted by atomic mass is 9.60. The number of terminal acetylenes is 1. The summed E-state index contributed by atoms with van der Waals surface area (Å²) < 4.78 is 5.35. The Morgan fingerprint density at radius 3 is 2.45 bits per heavy atom. The number of amides is 4. The lowest BCUT2D eigenvalue weighted by Crippen LogP contribution is -2.70. The van der Waals surface area contributed by atoms with Crippen LogP contribution in [0.15, 0.2) is 67.0 Å². The van der Waals surface area contributed by atoms with Crippen LogP contribution >= 0.6 is 0 Å². The molecule has 3 aromatic heterocycles. The third kappa shape index (κ3) is 10.2. The molecule has 1 spiro atoms. The van der Waals surface area contributed by atoms with Crippen molar-refractivity contribution in [3.05, 3.63) is 94.9 Å². The van der Waals surface area contributed by atoms with E-state index in [1.807, 2.05) is 56.6 Å². The molecule has 2 aromatic carbocycles. The van der Waals surface area contributed by atoms with Crippen LogP contribution in [0.2, 0.25) is 0 Å². The number of anilines is 1. The van der Waals surface area contributed by atoms with Crippen molar-refractivity contribution < 1.29 is 39.2 Å². The fourth-order valence-electron chi connectivity index (χ4n) is 12.0. The molecular formula is C55H65N11O8. The average molecular weight is 1010 g/mol. The van der Waals surface area contributed by atoms with Gasteiger partial charge in [-0.1, -0.05) is 44.0 Å². The molecule has 19 heteroatoms. The Balaban J connectivity index is 0.717. The summed E-state index contributed by atoms with van der Waals surface area (Å²) in [5, 5.41) is 46.1. The van der Waals surface area contributed by atoms with Crippen LogP contribution in [0.5, 0.6) is 5.75 Å². The van der Waals surface area contributed by atoms with Gasteiger partial charge in [0.05, 0.1) is 17.8 Å². The molecule has 10 rings (SSSR count). The second-order valence-corrected chi connectivity index (χ2v) is 21.7. The van der Waals surface area contributed by atoms with Gasteiger partial charge in [0, 0.05) is 104 Å². The minimum atomic E-state index is -1.11. The molecule has 74 heavy (non-hydrogen) atoms. The fraction of sp³-hybridized carbons (Fsp3) is 0.491. The number of para-hydroxylation sites is 1. The minimum Gasteiger partial charge on any atom is -0.507 e. The summed E-state index contributed by atoms with van der Waals surface area (Å²) in [6.07, 6.45) is 13.6. The molecule has 1 saturated carbocycles. The molecule has 388 valence electrons. The molecule has 7 heterocycles. The molecule has 5 aliphatic rings. The van der Waals surface area contributed by atoms with Gasteiger partial charge in [0.25, 0.3) is 0 Å². The standard InChI is InChI=1S/C55H65N11O8/c1-5-34-10-12-35(13-11-34)26-56-50(71)44-22-39(67)29-66(44)51(72)48(54(3,4)17-21-74-30-46(69)70)60-53(73)64-31-55(32-64)24-38(25-55)63-18-14-36(15-19-63)37-27-57-52(58-28-37)65-20-16-42-47(33(65)2)41-23-43(61-62-49(41)59-42)40-8-6-7-9-45(40)68/h1,6-13,23,27-28,33,36,38-39,44,48,67-68H,14-22,24-26,29-32H2,2-4H3,(H,56,71)(H,59,62)(H,60,73)(H,69,70)/t33-,39-,44+,48+/m1/s1. The molecule has 5 aromatic rings. The van der Waals surface area contributed by atoms with E-state index >= 15 is 0 Å². The minimum absolute atomic E-state index is 0.0102. The Labute approximate surface area is 430 Å². The van der Waals surface area contributed by atoms with E-state index in [1.54, 1.807) is 29.2 Å². The molecule has 4 fully saturated rings. The highest BCUT2D eigenvalue weighted by Crippen LogP contribution is 2.51. The van der Waals surface area contributed by atoms with Gasteiger partial charge < -0.3 is 55.3 Å². The maximum absolute atomic E-state index is 14.6. The highest BCUT2D eigenvalue weighted by atomic mass is 16.5. The van der Waals surface area contributed by atoms with Crippen molar-refractivity contribution in [1.29, 1.82) is 0 Å². The van der Waals surface area contributed by atoms with Crippen LogP contribution in [-0.2, 0) is 32.1 Å². The van der Waals surface area contributed by atoms with Crippen LogP contribution in [0.4, 0.5) is 10.7 Å². The molecule has 4 amide bonds. The summed E-state index contributed by atoms with van der Waals surface area (Å²) in [6, 6.07) is 14.3. The summed E-state index contributed by atoms with van der Waals surface area (Å²) >= 11 is 0. The van der Waals surface area contributed by atoms with Crippen molar-refractivity contribution in [2.45, 2.75) is 108 Å². The predicted molar refractivity (Wildman–Crippen MR) is 275 cm³/mol. The maximum atomic E-state index is 14.6. The maximum Gasteiger partial charge on any atom is 0.329 e. The van der Waals surface area contributed by atoms with Crippen LogP contribution in [0.1, 0.15) is 99.2 Å². The van der Waals surface area contributed by atoms with Crippen molar-refractivity contribution in [3.8, 4) is 29.4 Å². The number of aliphatic hydroxyl groups excluding tert-OH is 1. The highest BCUT2D eigenvalue weighted by Gasteiger charge is 2.56. The summed E-state index contributed by atoms with van der Waals surface area (Å²) in [6.45, 7) is 9.26. The molecule has 4 atom stereocenters. The number of aromatic nitrogens is 5. The molecule has 0 radical (unpaired) electrons. The number of aromatic amines is 1. The summed E-state index contributed by atoms with van der Waals surface area (Å²) in [4.78, 5) is 74.6. The second kappa shape index (κ2) is 20.6. The van der Waals surface area contributed by atoms with Gasteiger partial charge in [-0.25, -0.2) is 19.6 Å². The zero-order valence-electron chi connectivity index (χ0n) is 42.2. The first kappa shape index (κ1) is 50.4. The molecule has 19 nitrogen and oxygen atoms in total. The van der Waals surface area contributed by atoms with E-state index in [2.05, 4.69) is 48.5 Å². The number of nitrogens with zero attached hydrogens (tertiary/aromatic N) is 8. The molecule has 0 bridgehead atoms. The van der Waals surface area contributed by atoms with Crippen LogP contribution < -0.4 is 15.5 Å². The number of H-pyrrole nitrogens is 1. The summed E-state index contributed by atoms with van der Waals surface area (Å²) in [5.41, 5.74) is 6.02. The highest BCUT2D eigenvalue weighted by molar-refractivity contribution is 5.93. The zero-order valence-corrected chi connectivity index (χ0v) is 42.2. The van der Waals surface area contributed by atoms with E-state index < -0.39 is 48.0 Å². The number of rotatable bonds is 15. The molecule has 6 N–H and O–H groups in total. The number of phenols is 1. The Morgan fingerprint density at radius 2 is 1.74 bits per heavy atom. The molecule has 1 aliphatic carbocycles. The average Bonchev–Trinajstić information content (AvgIpc) is 3.96. The summed E-state index contributed by atoms with van der Waals surface area (Å²) in [5.74, 6) is 1.74. The molecule has 3 saturated heterocycles. The summed E-state index contributed by atoms with van der Waals surface area (Å²) in [7, 11) is 0. The van der Waals surface area contributed by atoms with E-state index in [0.29, 0.717) is 47.8 Å². The first-order chi connectivity index (χ1) is 35.6. The topological polar surface area (TPSA) is 243 Å². The number of aliphatic hydroxyl groups is 1. The van der Waals surface area contributed by atoms with Gasteiger partial charge in [-0.05, 0) is 105 Å². The Hall–Kier alpha value is -7.14. The predicted octanol–water partition coefficient (Wildman–Crippen LogP) is 4.74. The number of phenolic OH excluding ortho intramolecular Hbond substituents is 1. The number of nitrogens with one attached hydrogen (secondary N) is 3. The van der Waals surface area contributed by atoms with Crippen molar-refractivity contribution in [2.24, 2.45) is 10.8 Å². The van der Waals surface area contributed by atoms with E-state index in [9.17, 15) is 29.4 Å². The van der Waals surface area contributed by atoms with Crippen molar-refractivity contribution in [2.75, 3.05) is 57.4 Å². The van der Waals surface area contributed by atoms with E-state index in [4.69, 9.17) is 26.2 Å². The number of carbonyl (C=O) groups excluding carboxylic acids is 3. The Bertz CT molecular complexity index is 2930. The number of ether oxygens (including phenoxy) is 1. The van der Waals surface area contributed by atoms with Gasteiger partial charge in [0.2, 0.25) is 17.8 Å². The number of hydrogen-bond acceptors (Lipinski definition) is 13. The first-order valence-corrected chi connectivity index (χ1v) is 25.7. The smallest absolute Gasteiger partial charge is 0.329 e. The first-order valence-electron chi connectivity index (χ1n) is 25.7. The van der Waals surface area contributed by atoms with E-state index in [0.717, 1.165) is 85.2 Å². The number of likely N-dealkylation sites (tertiary alicyclic amines) is 3. The van der Waals surface area contributed by atoms with Crippen LogP contribution in [0.3, 0.4) is 0 Å². The SMILES string of the molecule is C#Cc1ccc(CNC(=O)[C@@H]2C[C@@H](O)CN2C(=O)[C@H](NC(=O)N2CC3(CC(N4CCC(c5cnc(N6CCc7[nH]c8nnc(-c9ccccc9O)cc8c7[C@H]6C)nc5)CC4)C3)C2)C(C)(C)CCOCC(=O)O)cc1. The molecule has 0 unspecified atom stereocenters. The number of hydrogen-bond donors (Lipinski definition) is 6. The number of piperidine rings is 1. The lowest BCUT2D eigenvalue weighted by Gasteiger charge is -2.61. The van der Waals surface area contributed by atoms with Crippen LogP contribution in [0, 0.1) is 23.2 Å². The normalized spacial score (nSPS) is 21.4. The number of β-amino-alcohol motifs (C(OH)–C–C–N with tert-alkyl or cyclic N) is 1. The van der Waals surface area contributed by atoms with Crippen molar-refractivity contribution >= 4 is 40.8 Å². The Morgan fingerprint density at radius 1 is 1.01 bits per heavy atom. The van der Waals surface area contributed by atoms with Gasteiger partial charge in [0.15, 0.2) is 5.65 Å². The largest absolute Gasteiger partial charge is 0.507 e. The number of aliphatic carboxylic acids is 1. The monoisotopic (exact) mass is 1010 g/mol. The van der Waals surface area contributed by atoms with Gasteiger partial charge in [-0.2, -0.15) is 0 Å². The number of fused-ring (bicyclic) bond motifs is 3. The quantitative estimate of drug-likeness (QED) is 0.0614. The molecular weight excluding hydrogens is 943 g/mol. The number of carbonyl (C=O) groups is 4. The number of carboxylic acid groups (broad SMARTS) is 1. The third-order valence-corrected chi connectivity index (χ3v) is 16.3. The Kier molecular flexibility index (Phi) is 14.1. The van der Waals surface area contributed by atoms with Crippen LogP contribution in [0.25, 0.3) is 22.3 Å². The number of carboxylic acids is 1. The number of aromatic hydroxyl groups is 1. The van der Waals surface area contributed by atoms with E-state index in [1.165, 1.54) is 4.90 Å². The lowest BCUT2D eigenvalue weighted by molar-refractivity contribution is -0.144. The van der Waals surface area contributed by atoms with Crippen LogP contribution in [-0.4, -0.2) is 156 Å². The fourth-order valence-corrected chi connectivity index (χ4v) is 12.0. The van der Waals surface area contributed by atoms with Gasteiger partial charge in [-0.15, -0.1) is 16.6 Å². The van der Waals surface area contributed by atoms with Gasteiger partial charge >= 0.3 is 12.0 Å². The third-order valence-electron chi connectivity index (χ3n) is 16.3. The van der Waals surface area contributed by atoms with Gasteiger partial charge in [-0.3, -0.25) is 9.59 Å². The number of benzene rings is 2. The molecule has 4 aliphatic heterocycles. The number of urea groups is 1. The van der Waals surface area contributed by atoms with E-state index in [-0.39, 0.29) is 55.8 Å². The van der Waals surface area contributed by atoms with Crippen molar-refractivity contribution in [3.63, 3.8) is 0 Å². The van der Waals surface area contributed by atoms with Gasteiger partial charge in [0.1, 0.15) is 24.4 Å². The van der Waals surface area contributed by atoms with Crippen molar-refractivity contribution in [1.82, 2.24) is 50.5 Å².